The number of amides is 2. The molecule has 5 rings (SSSR count). The van der Waals surface area contributed by atoms with Gasteiger partial charge in [-0.15, -0.1) is 0 Å². The van der Waals surface area contributed by atoms with Crippen LogP contribution in [0.4, 0.5) is 5.69 Å². The Morgan fingerprint density at radius 2 is 1.76 bits per heavy atom. The lowest BCUT2D eigenvalue weighted by molar-refractivity contribution is 0.0926. The fraction of sp³-hybridized carbons (Fsp3) is 0.407. The first kappa shape index (κ1) is 22.5. The summed E-state index contributed by atoms with van der Waals surface area (Å²) in [6, 6.07) is 10.3. The average Bonchev–Trinajstić information content (AvgIpc) is 3.46. The molecule has 0 aromatic heterocycles. The Bertz CT molecular complexity index is 1110. The van der Waals surface area contributed by atoms with E-state index in [1.165, 1.54) is 17.7 Å². The van der Waals surface area contributed by atoms with Gasteiger partial charge in [-0.1, -0.05) is 6.08 Å². The van der Waals surface area contributed by atoms with Crippen molar-refractivity contribution < 1.29 is 23.8 Å². The third-order valence-corrected chi connectivity index (χ3v) is 6.62. The van der Waals surface area contributed by atoms with E-state index in [-0.39, 0.29) is 17.9 Å². The van der Waals surface area contributed by atoms with E-state index >= 15 is 0 Å². The van der Waals surface area contributed by atoms with Crippen LogP contribution < -0.4 is 19.1 Å². The SMILES string of the molecule is COc1cc(N2C(=O)c3ccc(OC4C=CCCC4)cc3C2=O)ccc1OCCN1CCCC1. The lowest BCUT2D eigenvalue weighted by Crippen LogP contribution is -2.29. The molecule has 2 aliphatic heterocycles. The first-order valence-corrected chi connectivity index (χ1v) is 12.0. The van der Waals surface area contributed by atoms with Gasteiger partial charge in [0, 0.05) is 12.6 Å². The largest absolute Gasteiger partial charge is 0.493 e. The Morgan fingerprint density at radius 1 is 0.941 bits per heavy atom. The number of methoxy groups -OCH3 is 1. The van der Waals surface area contributed by atoms with Crippen LogP contribution >= 0.6 is 0 Å². The molecular formula is C27H30N2O5. The summed E-state index contributed by atoms with van der Waals surface area (Å²) in [7, 11) is 1.55. The highest BCUT2D eigenvalue weighted by atomic mass is 16.5. The number of carbonyl (C=O) groups excluding carboxylic acids is 2. The van der Waals surface area contributed by atoms with Crippen LogP contribution in [-0.2, 0) is 0 Å². The monoisotopic (exact) mass is 462 g/mol. The van der Waals surface area contributed by atoms with E-state index in [2.05, 4.69) is 17.1 Å². The van der Waals surface area contributed by atoms with Crippen molar-refractivity contribution in [1.29, 1.82) is 0 Å². The summed E-state index contributed by atoms with van der Waals surface area (Å²) in [5.41, 5.74) is 1.18. The third kappa shape index (κ3) is 4.53. The van der Waals surface area contributed by atoms with Crippen molar-refractivity contribution in [2.45, 2.75) is 38.2 Å². The number of hydrogen-bond donors (Lipinski definition) is 0. The molecule has 0 spiro atoms. The van der Waals surface area contributed by atoms with Crippen LogP contribution in [0.1, 0.15) is 52.8 Å². The van der Waals surface area contributed by atoms with Gasteiger partial charge in [-0.25, -0.2) is 4.90 Å². The van der Waals surface area contributed by atoms with Gasteiger partial charge in [-0.2, -0.15) is 0 Å². The van der Waals surface area contributed by atoms with Crippen LogP contribution in [0.2, 0.25) is 0 Å². The van der Waals surface area contributed by atoms with Crippen LogP contribution in [0.25, 0.3) is 0 Å². The molecule has 2 amide bonds. The van der Waals surface area contributed by atoms with Gasteiger partial charge >= 0.3 is 0 Å². The summed E-state index contributed by atoms with van der Waals surface area (Å²) < 4.78 is 17.5. The Kier molecular flexibility index (Phi) is 6.54. The van der Waals surface area contributed by atoms with Crippen molar-refractivity contribution in [1.82, 2.24) is 4.90 Å². The van der Waals surface area contributed by atoms with Crippen molar-refractivity contribution in [2.24, 2.45) is 0 Å². The second-order valence-corrected chi connectivity index (χ2v) is 8.90. The molecule has 0 radical (unpaired) electrons. The summed E-state index contributed by atoms with van der Waals surface area (Å²) in [5.74, 6) is 0.961. The smallest absolute Gasteiger partial charge is 0.266 e. The fourth-order valence-corrected chi connectivity index (χ4v) is 4.79. The number of likely N-dealkylation sites (tertiary alicyclic amines) is 1. The summed E-state index contributed by atoms with van der Waals surface area (Å²) in [4.78, 5) is 29.9. The summed E-state index contributed by atoms with van der Waals surface area (Å²) in [6.45, 7) is 3.65. The van der Waals surface area contributed by atoms with Crippen molar-refractivity contribution in [2.75, 3.05) is 38.3 Å². The minimum atomic E-state index is -0.366. The molecule has 0 bridgehead atoms. The number of rotatable bonds is 8. The quantitative estimate of drug-likeness (QED) is 0.426. The van der Waals surface area contributed by atoms with Gasteiger partial charge in [0.15, 0.2) is 11.5 Å². The molecular weight excluding hydrogens is 432 g/mol. The number of hydrogen-bond acceptors (Lipinski definition) is 6. The first-order chi connectivity index (χ1) is 16.6. The molecule has 2 aromatic carbocycles. The first-order valence-electron chi connectivity index (χ1n) is 12.0. The van der Waals surface area contributed by atoms with Gasteiger partial charge in [0.1, 0.15) is 18.5 Å². The molecule has 1 fully saturated rings. The second kappa shape index (κ2) is 9.89. The molecule has 34 heavy (non-hydrogen) atoms. The number of fused-ring (bicyclic) bond motifs is 1. The maximum Gasteiger partial charge on any atom is 0.266 e. The van der Waals surface area contributed by atoms with E-state index in [1.54, 1.807) is 43.5 Å². The predicted octanol–water partition coefficient (Wildman–Crippen LogP) is 4.46. The molecule has 2 heterocycles. The number of ether oxygens (including phenoxy) is 3. The molecule has 1 atom stereocenters. The zero-order chi connectivity index (χ0) is 23.5. The molecule has 1 unspecified atom stereocenters. The van der Waals surface area contributed by atoms with Crippen molar-refractivity contribution in [3.8, 4) is 17.2 Å². The Morgan fingerprint density at radius 3 is 2.53 bits per heavy atom. The van der Waals surface area contributed by atoms with Gasteiger partial charge in [0.2, 0.25) is 0 Å². The summed E-state index contributed by atoms with van der Waals surface area (Å²) in [5, 5.41) is 0. The zero-order valence-corrected chi connectivity index (χ0v) is 19.5. The van der Waals surface area contributed by atoms with Crippen LogP contribution in [0.15, 0.2) is 48.6 Å². The second-order valence-electron chi connectivity index (χ2n) is 8.90. The van der Waals surface area contributed by atoms with Gasteiger partial charge in [0.05, 0.1) is 23.9 Å². The minimum Gasteiger partial charge on any atom is -0.493 e. The van der Waals surface area contributed by atoms with Gasteiger partial charge in [0.25, 0.3) is 11.8 Å². The normalized spacial score (nSPS) is 20.0. The van der Waals surface area contributed by atoms with Gasteiger partial charge in [-0.3, -0.25) is 14.5 Å². The highest BCUT2D eigenvalue weighted by Gasteiger charge is 2.37. The maximum absolute atomic E-state index is 13.2. The molecule has 7 heteroatoms. The molecule has 2 aromatic rings. The van der Waals surface area contributed by atoms with Gasteiger partial charge < -0.3 is 14.2 Å². The van der Waals surface area contributed by atoms with E-state index in [4.69, 9.17) is 14.2 Å². The summed E-state index contributed by atoms with van der Waals surface area (Å²) in [6.07, 6.45) is 9.74. The van der Waals surface area contributed by atoms with E-state index in [0.717, 1.165) is 38.9 Å². The topological polar surface area (TPSA) is 68.3 Å². The zero-order valence-electron chi connectivity index (χ0n) is 19.5. The van der Waals surface area contributed by atoms with E-state index in [9.17, 15) is 9.59 Å². The minimum absolute atomic E-state index is 0.00242. The number of allylic oxidation sites excluding steroid dienone is 1. The molecule has 1 aliphatic carbocycles. The number of imide groups is 1. The average molecular weight is 463 g/mol. The number of anilines is 1. The molecule has 178 valence electrons. The number of nitrogens with zero attached hydrogens (tertiary/aromatic N) is 2. The van der Waals surface area contributed by atoms with E-state index in [1.807, 2.05) is 0 Å². The highest BCUT2D eigenvalue weighted by Crippen LogP contribution is 2.36. The van der Waals surface area contributed by atoms with Gasteiger partial charge in [-0.05, 0) is 81.6 Å². The van der Waals surface area contributed by atoms with E-state index in [0.29, 0.717) is 40.7 Å². The molecule has 3 aliphatic rings. The van der Waals surface area contributed by atoms with Crippen LogP contribution in [0, 0.1) is 0 Å². The Balaban J connectivity index is 1.31. The van der Waals surface area contributed by atoms with Crippen molar-refractivity contribution in [3.05, 3.63) is 59.7 Å². The molecule has 1 saturated heterocycles. The number of carbonyl (C=O) groups is 2. The predicted molar refractivity (Wildman–Crippen MR) is 129 cm³/mol. The lowest BCUT2D eigenvalue weighted by atomic mass is 10.1. The highest BCUT2D eigenvalue weighted by molar-refractivity contribution is 6.34. The van der Waals surface area contributed by atoms with Crippen LogP contribution in [0.3, 0.4) is 0 Å². The number of benzene rings is 2. The van der Waals surface area contributed by atoms with Crippen LogP contribution in [-0.4, -0.2) is 56.2 Å². The lowest BCUT2D eigenvalue weighted by Gasteiger charge is -2.19. The molecule has 0 saturated carbocycles. The van der Waals surface area contributed by atoms with Crippen molar-refractivity contribution in [3.63, 3.8) is 0 Å². The van der Waals surface area contributed by atoms with E-state index < -0.39 is 0 Å². The fourth-order valence-electron chi connectivity index (χ4n) is 4.79. The Labute approximate surface area is 199 Å². The summed E-state index contributed by atoms with van der Waals surface area (Å²) >= 11 is 0. The molecule has 7 nitrogen and oxygen atoms in total. The standard InChI is InChI=1S/C27H30N2O5/c1-32-25-17-19(9-12-24(25)33-16-15-28-13-5-6-14-28)29-26(30)22-11-10-21(18-23(22)27(29)31)34-20-7-3-2-4-8-20/h3,7,9-12,17-18,20H,2,4-6,8,13-16H2,1H3. The maximum atomic E-state index is 13.2. The molecule has 0 N–H and O–H groups in total. The van der Waals surface area contributed by atoms with Crippen LogP contribution in [0.5, 0.6) is 17.2 Å². The third-order valence-electron chi connectivity index (χ3n) is 6.62. The van der Waals surface area contributed by atoms with Crippen molar-refractivity contribution >= 4 is 17.5 Å². The Hall–Kier alpha value is -3.32.